The summed E-state index contributed by atoms with van der Waals surface area (Å²) in [4.78, 5) is 3.96. The van der Waals surface area contributed by atoms with Crippen LogP contribution in [0.4, 0.5) is 0 Å². The van der Waals surface area contributed by atoms with Crippen LogP contribution in [0.2, 0.25) is 0 Å². The van der Waals surface area contributed by atoms with E-state index >= 15 is 0 Å². The standard InChI is InChI=1S/C10H16N2/c1-9(11)3-2-4-10-5-7-12-8-6-10/h5-9H,2-4,11H2,1H3/t9-/m0/s1. The van der Waals surface area contributed by atoms with Gasteiger partial charge in [-0.25, -0.2) is 0 Å². The second kappa shape index (κ2) is 4.88. The van der Waals surface area contributed by atoms with Crippen molar-refractivity contribution in [1.82, 2.24) is 4.98 Å². The minimum absolute atomic E-state index is 0.326. The predicted molar refractivity (Wildman–Crippen MR) is 50.8 cm³/mol. The normalized spacial score (nSPS) is 12.8. The van der Waals surface area contributed by atoms with Crippen molar-refractivity contribution in [2.45, 2.75) is 32.2 Å². The zero-order valence-electron chi connectivity index (χ0n) is 7.53. The molecule has 2 N–H and O–H groups in total. The Balaban J connectivity index is 2.25. The smallest absolute Gasteiger partial charge is 0.0270 e. The van der Waals surface area contributed by atoms with Gasteiger partial charge in [0.2, 0.25) is 0 Å². The van der Waals surface area contributed by atoms with Gasteiger partial charge in [-0.1, -0.05) is 0 Å². The van der Waals surface area contributed by atoms with Crippen molar-refractivity contribution in [3.8, 4) is 0 Å². The number of hydrogen-bond donors (Lipinski definition) is 1. The maximum Gasteiger partial charge on any atom is 0.0270 e. The number of hydrogen-bond acceptors (Lipinski definition) is 2. The van der Waals surface area contributed by atoms with E-state index in [0.717, 1.165) is 12.8 Å². The second-order valence-electron chi connectivity index (χ2n) is 3.22. The van der Waals surface area contributed by atoms with Crippen LogP contribution in [0.1, 0.15) is 25.3 Å². The van der Waals surface area contributed by atoms with Crippen molar-refractivity contribution in [3.63, 3.8) is 0 Å². The van der Waals surface area contributed by atoms with E-state index in [4.69, 9.17) is 5.73 Å². The van der Waals surface area contributed by atoms with Gasteiger partial charge in [-0.3, -0.25) is 4.98 Å². The lowest BCUT2D eigenvalue weighted by Gasteiger charge is -2.03. The molecule has 0 aliphatic carbocycles. The number of nitrogens with two attached hydrogens (primary N) is 1. The lowest BCUT2D eigenvalue weighted by Crippen LogP contribution is -2.14. The van der Waals surface area contributed by atoms with Crippen LogP contribution in [0, 0.1) is 0 Å². The molecule has 2 heteroatoms. The zero-order chi connectivity index (χ0) is 8.81. The summed E-state index contributed by atoms with van der Waals surface area (Å²) in [5, 5.41) is 0. The Kier molecular flexibility index (Phi) is 3.74. The highest BCUT2D eigenvalue weighted by Gasteiger charge is 1.95. The van der Waals surface area contributed by atoms with E-state index in [-0.39, 0.29) is 0 Å². The molecular formula is C10H16N2. The van der Waals surface area contributed by atoms with E-state index < -0.39 is 0 Å². The van der Waals surface area contributed by atoms with Crippen LogP contribution < -0.4 is 5.73 Å². The van der Waals surface area contributed by atoms with Crippen LogP contribution in [-0.2, 0) is 6.42 Å². The summed E-state index contributed by atoms with van der Waals surface area (Å²) in [6.45, 7) is 2.05. The fourth-order valence-electron chi connectivity index (χ4n) is 1.18. The van der Waals surface area contributed by atoms with E-state index in [1.54, 1.807) is 0 Å². The summed E-state index contributed by atoms with van der Waals surface area (Å²) in [5.74, 6) is 0. The van der Waals surface area contributed by atoms with Gasteiger partial charge < -0.3 is 5.73 Å². The van der Waals surface area contributed by atoms with Crippen molar-refractivity contribution < 1.29 is 0 Å². The van der Waals surface area contributed by atoms with Gasteiger partial charge in [0.15, 0.2) is 0 Å². The summed E-state index contributed by atoms with van der Waals surface area (Å²) in [6, 6.07) is 4.44. The first-order valence-electron chi connectivity index (χ1n) is 4.43. The monoisotopic (exact) mass is 164 g/mol. The van der Waals surface area contributed by atoms with Crippen molar-refractivity contribution in [2.24, 2.45) is 5.73 Å². The van der Waals surface area contributed by atoms with Crippen LogP contribution in [-0.4, -0.2) is 11.0 Å². The highest BCUT2D eigenvalue weighted by molar-refractivity contribution is 5.09. The first kappa shape index (κ1) is 9.20. The minimum Gasteiger partial charge on any atom is -0.328 e. The molecule has 0 unspecified atom stereocenters. The van der Waals surface area contributed by atoms with Gasteiger partial charge in [0.05, 0.1) is 0 Å². The maximum atomic E-state index is 5.64. The van der Waals surface area contributed by atoms with Crippen molar-refractivity contribution in [3.05, 3.63) is 30.1 Å². The minimum atomic E-state index is 0.326. The number of pyridine rings is 1. The van der Waals surface area contributed by atoms with Gasteiger partial charge in [-0.05, 0) is 43.9 Å². The largest absolute Gasteiger partial charge is 0.328 e. The average molecular weight is 164 g/mol. The molecule has 1 heterocycles. The van der Waals surface area contributed by atoms with Crippen molar-refractivity contribution in [1.29, 1.82) is 0 Å². The van der Waals surface area contributed by atoms with Crippen LogP contribution in [0.15, 0.2) is 24.5 Å². The summed E-state index contributed by atoms with van der Waals surface area (Å²) in [5.41, 5.74) is 7.00. The molecule has 0 bridgehead atoms. The molecule has 0 amide bonds. The molecule has 0 radical (unpaired) electrons. The molecule has 2 nitrogen and oxygen atoms in total. The Morgan fingerprint density at radius 3 is 2.67 bits per heavy atom. The summed E-state index contributed by atoms with van der Waals surface area (Å²) < 4.78 is 0. The van der Waals surface area contributed by atoms with Crippen molar-refractivity contribution in [2.75, 3.05) is 0 Å². The molecule has 12 heavy (non-hydrogen) atoms. The van der Waals surface area contributed by atoms with E-state index in [1.165, 1.54) is 12.0 Å². The molecule has 0 aromatic carbocycles. The fourth-order valence-corrected chi connectivity index (χ4v) is 1.18. The third kappa shape index (κ3) is 3.49. The SMILES string of the molecule is C[C@H](N)CCCc1ccncc1. The molecule has 66 valence electrons. The lowest BCUT2D eigenvalue weighted by atomic mass is 10.1. The molecule has 0 saturated carbocycles. The second-order valence-corrected chi connectivity index (χ2v) is 3.22. The zero-order valence-corrected chi connectivity index (χ0v) is 7.53. The quantitative estimate of drug-likeness (QED) is 0.736. The average Bonchev–Trinajstić information content (AvgIpc) is 2.05. The third-order valence-electron chi connectivity index (χ3n) is 1.87. The number of aromatic nitrogens is 1. The van der Waals surface area contributed by atoms with Gasteiger partial charge in [-0.15, -0.1) is 0 Å². The van der Waals surface area contributed by atoms with Gasteiger partial charge >= 0.3 is 0 Å². The van der Waals surface area contributed by atoms with E-state index in [0.29, 0.717) is 6.04 Å². The molecule has 0 aliphatic heterocycles. The Morgan fingerprint density at radius 1 is 1.42 bits per heavy atom. The highest BCUT2D eigenvalue weighted by atomic mass is 14.6. The van der Waals surface area contributed by atoms with Gasteiger partial charge in [-0.2, -0.15) is 0 Å². The maximum absolute atomic E-state index is 5.64. The highest BCUT2D eigenvalue weighted by Crippen LogP contribution is 2.03. The van der Waals surface area contributed by atoms with Gasteiger partial charge in [0.1, 0.15) is 0 Å². The van der Waals surface area contributed by atoms with Crippen LogP contribution in [0.5, 0.6) is 0 Å². The van der Waals surface area contributed by atoms with E-state index in [2.05, 4.69) is 17.1 Å². The third-order valence-corrected chi connectivity index (χ3v) is 1.87. The van der Waals surface area contributed by atoms with Crippen LogP contribution in [0.25, 0.3) is 0 Å². The first-order valence-corrected chi connectivity index (χ1v) is 4.43. The van der Waals surface area contributed by atoms with Crippen LogP contribution in [0.3, 0.4) is 0 Å². The Morgan fingerprint density at radius 2 is 2.08 bits per heavy atom. The summed E-state index contributed by atoms with van der Waals surface area (Å²) in [6.07, 6.45) is 7.05. The van der Waals surface area contributed by atoms with E-state index in [9.17, 15) is 0 Å². The topological polar surface area (TPSA) is 38.9 Å². The number of nitrogens with zero attached hydrogens (tertiary/aromatic N) is 1. The predicted octanol–water partition coefficient (Wildman–Crippen LogP) is 1.75. The number of aryl methyl sites for hydroxylation is 1. The van der Waals surface area contributed by atoms with Crippen molar-refractivity contribution >= 4 is 0 Å². The van der Waals surface area contributed by atoms with Gasteiger partial charge in [0.25, 0.3) is 0 Å². The first-order chi connectivity index (χ1) is 5.79. The Labute approximate surface area is 73.8 Å². The molecule has 1 aromatic heterocycles. The lowest BCUT2D eigenvalue weighted by molar-refractivity contribution is 0.624. The van der Waals surface area contributed by atoms with E-state index in [1.807, 2.05) is 19.3 Å². The summed E-state index contributed by atoms with van der Waals surface area (Å²) in [7, 11) is 0. The molecule has 0 aliphatic rings. The van der Waals surface area contributed by atoms with Gasteiger partial charge in [0, 0.05) is 18.4 Å². The molecule has 1 rings (SSSR count). The number of rotatable bonds is 4. The fraction of sp³-hybridized carbons (Fsp3) is 0.500. The molecule has 0 saturated heterocycles. The Bertz CT molecular complexity index is 206. The summed E-state index contributed by atoms with van der Waals surface area (Å²) >= 11 is 0. The molecular weight excluding hydrogens is 148 g/mol. The molecule has 1 atom stereocenters. The Hall–Kier alpha value is -0.890. The van der Waals surface area contributed by atoms with Crippen LogP contribution >= 0.6 is 0 Å². The molecule has 0 fully saturated rings. The molecule has 0 spiro atoms. The molecule has 1 aromatic rings.